The van der Waals surface area contributed by atoms with Gasteiger partial charge in [-0.1, -0.05) is 24.3 Å². The van der Waals surface area contributed by atoms with Crippen molar-refractivity contribution in [3.05, 3.63) is 76.7 Å². The lowest BCUT2D eigenvalue weighted by molar-refractivity contribution is -0.124. The predicted octanol–water partition coefficient (Wildman–Crippen LogP) is 3.46. The molecule has 0 bridgehead atoms. The van der Waals surface area contributed by atoms with Gasteiger partial charge in [0.05, 0.1) is 16.8 Å². The van der Waals surface area contributed by atoms with Crippen LogP contribution in [-0.4, -0.2) is 23.5 Å². The van der Waals surface area contributed by atoms with Crippen LogP contribution in [0.25, 0.3) is 10.9 Å². The van der Waals surface area contributed by atoms with Crippen LogP contribution in [0, 0.1) is 19.7 Å². The maximum atomic E-state index is 13.3. The van der Waals surface area contributed by atoms with Crippen molar-refractivity contribution in [2.45, 2.75) is 20.4 Å². The molecule has 1 N–H and O–H groups in total. The molecule has 3 rings (SSSR count). The molecule has 1 heterocycles. The highest BCUT2D eigenvalue weighted by molar-refractivity contribution is 5.96. The van der Waals surface area contributed by atoms with Gasteiger partial charge in [0.1, 0.15) is 5.82 Å². The molecule has 0 spiro atoms. The quantitative estimate of drug-likeness (QED) is 0.702. The third-order valence-electron chi connectivity index (χ3n) is 4.26. The summed E-state index contributed by atoms with van der Waals surface area (Å²) in [6.45, 7) is 3.58. The molecule has 0 aliphatic carbocycles. The number of rotatable bonds is 5. The van der Waals surface area contributed by atoms with E-state index in [1.165, 1.54) is 12.1 Å². The number of carbonyl (C=O) groups excluding carboxylic acids is 2. The zero-order chi connectivity index (χ0) is 19.4. The van der Waals surface area contributed by atoms with Crippen molar-refractivity contribution < 1.29 is 18.7 Å². The second kappa shape index (κ2) is 7.95. The van der Waals surface area contributed by atoms with Crippen LogP contribution >= 0.6 is 0 Å². The Kier molecular flexibility index (Phi) is 5.45. The van der Waals surface area contributed by atoms with E-state index >= 15 is 0 Å². The first-order chi connectivity index (χ1) is 12.9. The summed E-state index contributed by atoms with van der Waals surface area (Å²) >= 11 is 0. The summed E-state index contributed by atoms with van der Waals surface area (Å²) in [5.41, 5.74) is 3.20. The van der Waals surface area contributed by atoms with Crippen LogP contribution in [-0.2, 0) is 16.1 Å². The molecule has 138 valence electrons. The topological polar surface area (TPSA) is 68.3 Å². The fourth-order valence-electron chi connectivity index (χ4n) is 2.71. The van der Waals surface area contributed by atoms with Crippen LogP contribution in [0.3, 0.4) is 0 Å². The zero-order valence-electron chi connectivity index (χ0n) is 15.1. The Morgan fingerprint density at radius 1 is 1.11 bits per heavy atom. The lowest BCUT2D eigenvalue weighted by Gasteiger charge is -2.10. The number of esters is 1. The molecule has 0 saturated carbocycles. The standard InChI is InChI=1S/C21H19FN2O3/c1-13-5-3-4-6-16(13)11-23-20(25)12-27-21(26)18-9-15-7-8-17(22)10-19(15)24-14(18)2/h3-10H,11-12H2,1-2H3,(H,23,25). The highest BCUT2D eigenvalue weighted by atomic mass is 19.1. The van der Waals surface area contributed by atoms with Gasteiger partial charge in [0.15, 0.2) is 6.61 Å². The number of ether oxygens (including phenoxy) is 1. The van der Waals surface area contributed by atoms with Gasteiger partial charge in [0.25, 0.3) is 5.91 Å². The fourth-order valence-corrected chi connectivity index (χ4v) is 2.71. The molecule has 0 unspecified atom stereocenters. The zero-order valence-corrected chi connectivity index (χ0v) is 15.1. The maximum Gasteiger partial charge on any atom is 0.340 e. The molecule has 5 nitrogen and oxygen atoms in total. The molecule has 0 saturated heterocycles. The Hall–Kier alpha value is -3.28. The Balaban J connectivity index is 1.61. The van der Waals surface area contributed by atoms with Gasteiger partial charge in [-0.05, 0) is 43.2 Å². The second-order valence-electron chi connectivity index (χ2n) is 6.24. The smallest absolute Gasteiger partial charge is 0.340 e. The largest absolute Gasteiger partial charge is 0.452 e. The van der Waals surface area contributed by atoms with Gasteiger partial charge in [-0.3, -0.25) is 9.78 Å². The van der Waals surface area contributed by atoms with E-state index in [2.05, 4.69) is 10.3 Å². The molecular formula is C21H19FN2O3. The minimum Gasteiger partial charge on any atom is -0.452 e. The van der Waals surface area contributed by atoms with Crippen LogP contribution in [0.15, 0.2) is 48.5 Å². The summed E-state index contributed by atoms with van der Waals surface area (Å²) in [6.07, 6.45) is 0. The first-order valence-corrected chi connectivity index (χ1v) is 8.49. The summed E-state index contributed by atoms with van der Waals surface area (Å²) in [7, 11) is 0. The second-order valence-corrected chi connectivity index (χ2v) is 6.24. The third kappa shape index (κ3) is 4.47. The van der Waals surface area contributed by atoms with Gasteiger partial charge < -0.3 is 10.1 Å². The number of carbonyl (C=O) groups is 2. The van der Waals surface area contributed by atoms with Crippen molar-refractivity contribution in [3.63, 3.8) is 0 Å². The normalized spacial score (nSPS) is 10.6. The number of nitrogens with one attached hydrogen (secondary N) is 1. The van der Waals surface area contributed by atoms with E-state index in [0.29, 0.717) is 23.1 Å². The number of benzene rings is 2. The van der Waals surface area contributed by atoms with Gasteiger partial charge in [-0.2, -0.15) is 0 Å². The predicted molar refractivity (Wildman–Crippen MR) is 99.7 cm³/mol. The Labute approximate surface area is 156 Å². The van der Waals surface area contributed by atoms with Crippen molar-refractivity contribution >= 4 is 22.8 Å². The molecule has 0 fully saturated rings. The number of aryl methyl sites for hydroxylation is 2. The molecule has 1 aromatic heterocycles. The molecule has 6 heteroatoms. The Bertz CT molecular complexity index is 1020. The Morgan fingerprint density at radius 3 is 2.67 bits per heavy atom. The van der Waals surface area contributed by atoms with Crippen molar-refractivity contribution in [1.82, 2.24) is 10.3 Å². The summed E-state index contributed by atoms with van der Waals surface area (Å²) in [4.78, 5) is 28.5. The highest BCUT2D eigenvalue weighted by Gasteiger charge is 2.15. The highest BCUT2D eigenvalue weighted by Crippen LogP contribution is 2.18. The summed E-state index contributed by atoms with van der Waals surface area (Å²) in [5, 5.41) is 3.35. The average molecular weight is 366 g/mol. The lowest BCUT2D eigenvalue weighted by Crippen LogP contribution is -2.28. The van der Waals surface area contributed by atoms with E-state index in [0.717, 1.165) is 11.1 Å². The van der Waals surface area contributed by atoms with Gasteiger partial charge >= 0.3 is 5.97 Å². The first kappa shape index (κ1) is 18.5. The molecule has 0 aliphatic rings. The Morgan fingerprint density at radius 2 is 1.89 bits per heavy atom. The van der Waals surface area contributed by atoms with Crippen molar-refractivity contribution in [2.24, 2.45) is 0 Å². The van der Waals surface area contributed by atoms with Crippen LogP contribution in [0.5, 0.6) is 0 Å². The number of hydrogen-bond donors (Lipinski definition) is 1. The minimum atomic E-state index is -0.641. The van der Waals surface area contributed by atoms with Gasteiger partial charge in [-0.25, -0.2) is 9.18 Å². The SMILES string of the molecule is Cc1ccccc1CNC(=O)COC(=O)c1cc2ccc(F)cc2nc1C. The first-order valence-electron chi connectivity index (χ1n) is 8.49. The van der Waals surface area contributed by atoms with Gasteiger partial charge in [0.2, 0.25) is 0 Å². The summed E-state index contributed by atoms with van der Waals surface area (Å²) < 4.78 is 18.4. The molecule has 3 aromatic rings. The molecule has 0 aliphatic heterocycles. The minimum absolute atomic E-state index is 0.251. The lowest BCUT2D eigenvalue weighted by atomic mass is 10.1. The van der Waals surface area contributed by atoms with Crippen LogP contribution in [0.2, 0.25) is 0 Å². The molecule has 2 aromatic carbocycles. The van der Waals surface area contributed by atoms with Gasteiger partial charge in [-0.15, -0.1) is 0 Å². The molecule has 0 atom stereocenters. The fraction of sp³-hybridized carbons (Fsp3) is 0.190. The third-order valence-corrected chi connectivity index (χ3v) is 4.26. The van der Waals surface area contributed by atoms with Crippen LogP contribution in [0.1, 0.15) is 27.2 Å². The van der Waals surface area contributed by atoms with Crippen molar-refractivity contribution in [2.75, 3.05) is 6.61 Å². The molecular weight excluding hydrogens is 347 g/mol. The number of amides is 1. The average Bonchev–Trinajstić information content (AvgIpc) is 2.64. The number of hydrogen-bond acceptors (Lipinski definition) is 4. The number of fused-ring (bicyclic) bond motifs is 1. The van der Waals surface area contributed by atoms with E-state index in [-0.39, 0.29) is 18.1 Å². The molecule has 0 radical (unpaired) electrons. The van der Waals surface area contributed by atoms with E-state index < -0.39 is 11.8 Å². The number of aromatic nitrogens is 1. The van der Waals surface area contributed by atoms with Crippen molar-refractivity contribution in [3.8, 4) is 0 Å². The van der Waals surface area contributed by atoms with Crippen LogP contribution < -0.4 is 5.32 Å². The van der Waals surface area contributed by atoms with E-state index in [4.69, 9.17) is 4.74 Å². The monoisotopic (exact) mass is 366 g/mol. The summed E-state index contributed by atoms with van der Waals surface area (Å²) in [6, 6.07) is 13.4. The van der Waals surface area contributed by atoms with Crippen molar-refractivity contribution in [1.29, 1.82) is 0 Å². The van der Waals surface area contributed by atoms with E-state index in [1.54, 1.807) is 19.1 Å². The van der Waals surface area contributed by atoms with E-state index in [9.17, 15) is 14.0 Å². The van der Waals surface area contributed by atoms with Crippen LogP contribution in [0.4, 0.5) is 4.39 Å². The number of nitrogens with zero attached hydrogens (tertiary/aromatic N) is 1. The number of pyridine rings is 1. The number of halogens is 1. The molecule has 27 heavy (non-hydrogen) atoms. The summed E-state index contributed by atoms with van der Waals surface area (Å²) in [5.74, 6) is -1.42. The maximum absolute atomic E-state index is 13.3. The molecule has 1 amide bonds. The van der Waals surface area contributed by atoms with E-state index in [1.807, 2.05) is 31.2 Å². The van der Waals surface area contributed by atoms with Gasteiger partial charge in [0, 0.05) is 18.0 Å².